The predicted octanol–water partition coefficient (Wildman–Crippen LogP) is 1.53. The summed E-state index contributed by atoms with van der Waals surface area (Å²) in [5, 5.41) is 14.7. The average Bonchev–Trinajstić information content (AvgIpc) is 3.03. The maximum atomic E-state index is 12.4. The van der Waals surface area contributed by atoms with E-state index in [1.807, 2.05) is 0 Å². The first-order valence-corrected chi connectivity index (χ1v) is 6.15. The highest BCUT2D eigenvalue weighted by atomic mass is 16.6. The topological polar surface area (TPSA) is 81.3 Å². The van der Waals surface area contributed by atoms with Gasteiger partial charge in [0.25, 0.3) is 11.6 Å². The number of rotatable bonds is 2. The average molecular weight is 272 g/mol. The number of hydrogen-bond acceptors (Lipinski definition) is 4. The zero-order valence-corrected chi connectivity index (χ0v) is 10.8. The van der Waals surface area contributed by atoms with Gasteiger partial charge in [-0.1, -0.05) is 0 Å². The molecule has 1 aromatic carbocycles. The Labute approximate surface area is 114 Å². The maximum absolute atomic E-state index is 12.4. The molecule has 0 spiro atoms. The van der Waals surface area contributed by atoms with Crippen molar-refractivity contribution in [3.05, 3.63) is 51.8 Å². The molecule has 3 rings (SSSR count). The number of nitro groups is 1. The molecule has 0 atom stereocenters. The number of carbonyl (C=O) groups excluding carboxylic acids is 1. The van der Waals surface area contributed by atoms with Gasteiger partial charge in [-0.25, -0.2) is 0 Å². The van der Waals surface area contributed by atoms with Crippen LogP contribution in [0.1, 0.15) is 16.1 Å². The van der Waals surface area contributed by atoms with Gasteiger partial charge in [0.1, 0.15) is 5.69 Å². The summed E-state index contributed by atoms with van der Waals surface area (Å²) in [6, 6.07) is 6.25. The Morgan fingerprint density at radius 1 is 1.40 bits per heavy atom. The van der Waals surface area contributed by atoms with Gasteiger partial charge in [-0.2, -0.15) is 5.10 Å². The Balaban J connectivity index is 1.96. The summed E-state index contributed by atoms with van der Waals surface area (Å²) in [6.45, 7) is 0.528. The summed E-state index contributed by atoms with van der Waals surface area (Å²) in [5.41, 5.74) is 2.12. The van der Waals surface area contributed by atoms with E-state index in [2.05, 4.69) is 5.10 Å². The normalized spacial score (nSPS) is 13.3. The van der Waals surface area contributed by atoms with Crippen LogP contribution in [0.4, 0.5) is 11.4 Å². The minimum atomic E-state index is -0.425. The fourth-order valence-corrected chi connectivity index (χ4v) is 2.43. The number of aryl methyl sites for hydroxylation is 1. The molecule has 1 aliphatic heterocycles. The number of non-ortho nitro benzene ring substituents is 1. The van der Waals surface area contributed by atoms with Crippen molar-refractivity contribution >= 4 is 17.3 Å². The van der Waals surface area contributed by atoms with Gasteiger partial charge >= 0.3 is 0 Å². The number of anilines is 1. The van der Waals surface area contributed by atoms with Gasteiger partial charge in [0.05, 0.1) is 4.92 Å². The zero-order valence-electron chi connectivity index (χ0n) is 10.8. The Bertz CT molecular complexity index is 707. The minimum absolute atomic E-state index is 0.0542. The summed E-state index contributed by atoms with van der Waals surface area (Å²) < 4.78 is 1.52. The minimum Gasteiger partial charge on any atom is -0.306 e. The van der Waals surface area contributed by atoms with Crippen molar-refractivity contribution in [2.24, 2.45) is 7.05 Å². The van der Waals surface area contributed by atoms with Crippen molar-refractivity contribution in [2.75, 3.05) is 11.4 Å². The van der Waals surface area contributed by atoms with Crippen LogP contribution in [0.2, 0.25) is 0 Å². The van der Waals surface area contributed by atoms with Gasteiger partial charge in [-0.05, 0) is 24.1 Å². The number of amides is 1. The molecule has 0 unspecified atom stereocenters. The number of carbonyl (C=O) groups is 1. The molecule has 7 heteroatoms. The molecule has 0 N–H and O–H groups in total. The highest BCUT2D eigenvalue weighted by Gasteiger charge is 2.28. The van der Waals surface area contributed by atoms with E-state index in [4.69, 9.17) is 0 Å². The van der Waals surface area contributed by atoms with Gasteiger partial charge in [0.15, 0.2) is 0 Å². The molecule has 0 saturated heterocycles. The molecule has 2 aromatic rings. The van der Waals surface area contributed by atoms with E-state index in [1.165, 1.54) is 16.8 Å². The molecule has 102 valence electrons. The third-order valence-electron chi connectivity index (χ3n) is 3.45. The predicted molar refractivity (Wildman–Crippen MR) is 71.7 cm³/mol. The van der Waals surface area contributed by atoms with Crippen molar-refractivity contribution in [3.8, 4) is 0 Å². The van der Waals surface area contributed by atoms with Crippen LogP contribution in [-0.2, 0) is 13.5 Å². The standard InChI is InChI=1S/C13H12N4O3/c1-15-12(4-6-14-15)13(18)16-7-5-9-8-10(17(19)20)2-3-11(9)16/h2-4,6,8H,5,7H2,1H3. The largest absolute Gasteiger partial charge is 0.306 e. The number of nitro benzene ring substituents is 1. The summed E-state index contributed by atoms with van der Waals surface area (Å²) in [6.07, 6.45) is 2.20. The SMILES string of the molecule is Cn1nccc1C(=O)N1CCc2cc([N+](=O)[O-])ccc21. The maximum Gasteiger partial charge on any atom is 0.276 e. The van der Waals surface area contributed by atoms with Gasteiger partial charge in [0, 0.05) is 37.6 Å². The molecule has 0 fully saturated rings. The van der Waals surface area contributed by atoms with Crippen LogP contribution >= 0.6 is 0 Å². The lowest BCUT2D eigenvalue weighted by molar-refractivity contribution is -0.384. The Morgan fingerprint density at radius 2 is 2.20 bits per heavy atom. The molecule has 1 aliphatic rings. The number of fused-ring (bicyclic) bond motifs is 1. The highest BCUT2D eigenvalue weighted by Crippen LogP contribution is 2.32. The summed E-state index contributed by atoms with van der Waals surface area (Å²) in [5.74, 6) is -0.141. The fraction of sp³-hybridized carbons (Fsp3) is 0.231. The van der Waals surface area contributed by atoms with Crippen molar-refractivity contribution in [2.45, 2.75) is 6.42 Å². The number of aromatic nitrogens is 2. The molecule has 2 heterocycles. The lowest BCUT2D eigenvalue weighted by Gasteiger charge is -2.17. The first-order chi connectivity index (χ1) is 9.58. The van der Waals surface area contributed by atoms with E-state index in [0.29, 0.717) is 18.7 Å². The number of nitrogens with zero attached hydrogens (tertiary/aromatic N) is 4. The summed E-state index contributed by atoms with van der Waals surface area (Å²) in [7, 11) is 1.71. The Hall–Kier alpha value is -2.70. The van der Waals surface area contributed by atoms with Crippen molar-refractivity contribution in [1.82, 2.24) is 9.78 Å². The second-order valence-corrected chi connectivity index (χ2v) is 4.62. The molecule has 0 saturated carbocycles. The van der Waals surface area contributed by atoms with Gasteiger partial charge in [-0.3, -0.25) is 19.6 Å². The zero-order chi connectivity index (χ0) is 14.3. The first kappa shape index (κ1) is 12.3. The molecule has 20 heavy (non-hydrogen) atoms. The Kier molecular flexibility index (Phi) is 2.74. The monoisotopic (exact) mass is 272 g/mol. The van der Waals surface area contributed by atoms with E-state index in [-0.39, 0.29) is 11.6 Å². The van der Waals surface area contributed by atoms with Crippen molar-refractivity contribution < 1.29 is 9.72 Å². The van der Waals surface area contributed by atoms with Crippen molar-refractivity contribution in [1.29, 1.82) is 0 Å². The molecular formula is C13H12N4O3. The summed E-state index contributed by atoms with van der Waals surface area (Å²) >= 11 is 0. The van der Waals surface area contributed by atoms with Gasteiger partial charge in [-0.15, -0.1) is 0 Å². The molecule has 7 nitrogen and oxygen atoms in total. The van der Waals surface area contributed by atoms with E-state index in [0.717, 1.165) is 11.3 Å². The third-order valence-corrected chi connectivity index (χ3v) is 3.45. The van der Waals surface area contributed by atoms with Gasteiger partial charge in [0.2, 0.25) is 0 Å². The van der Waals surface area contributed by atoms with Crippen molar-refractivity contribution in [3.63, 3.8) is 0 Å². The second-order valence-electron chi connectivity index (χ2n) is 4.62. The number of hydrogen-bond donors (Lipinski definition) is 0. The fourth-order valence-electron chi connectivity index (χ4n) is 2.43. The van der Waals surface area contributed by atoms with Crippen LogP contribution in [0.5, 0.6) is 0 Å². The van der Waals surface area contributed by atoms with E-state index in [9.17, 15) is 14.9 Å². The van der Waals surface area contributed by atoms with Crippen LogP contribution in [0, 0.1) is 10.1 Å². The van der Waals surface area contributed by atoms with E-state index >= 15 is 0 Å². The third kappa shape index (κ3) is 1.83. The lowest BCUT2D eigenvalue weighted by Crippen LogP contribution is -2.30. The van der Waals surface area contributed by atoms with Crippen LogP contribution in [0.15, 0.2) is 30.5 Å². The molecule has 0 radical (unpaired) electrons. The summed E-state index contributed by atoms with van der Waals surface area (Å²) in [4.78, 5) is 24.4. The molecule has 1 amide bonds. The first-order valence-electron chi connectivity index (χ1n) is 6.15. The second kappa shape index (κ2) is 4.44. The molecule has 0 bridgehead atoms. The Morgan fingerprint density at radius 3 is 2.85 bits per heavy atom. The van der Waals surface area contributed by atoms with Crippen LogP contribution < -0.4 is 4.90 Å². The quantitative estimate of drug-likeness (QED) is 0.613. The van der Waals surface area contributed by atoms with Crippen LogP contribution in [-0.4, -0.2) is 27.2 Å². The van der Waals surface area contributed by atoms with E-state index in [1.54, 1.807) is 30.3 Å². The highest BCUT2D eigenvalue weighted by molar-refractivity contribution is 6.06. The number of benzene rings is 1. The molecular weight excluding hydrogens is 260 g/mol. The molecule has 1 aromatic heterocycles. The smallest absolute Gasteiger partial charge is 0.276 e. The lowest BCUT2D eigenvalue weighted by atomic mass is 10.1. The van der Waals surface area contributed by atoms with Crippen LogP contribution in [0.3, 0.4) is 0 Å². The molecule has 0 aliphatic carbocycles. The van der Waals surface area contributed by atoms with E-state index < -0.39 is 4.92 Å². The van der Waals surface area contributed by atoms with Crippen LogP contribution in [0.25, 0.3) is 0 Å². The van der Waals surface area contributed by atoms with Gasteiger partial charge < -0.3 is 4.90 Å².